The maximum Gasteiger partial charge on any atom is 0.273 e. The third kappa shape index (κ3) is 2.37. The van der Waals surface area contributed by atoms with Crippen molar-refractivity contribution in [3.8, 4) is 17.1 Å². The number of hydrogen-bond donors (Lipinski definition) is 1. The van der Waals surface area contributed by atoms with Gasteiger partial charge in [0.2, 0.25) is 5.88 Å². The molecular weight excluding hydrogens is 304 g/mol. The normalized spacial score (nSPS) is 11.4. The molecule has 0 fully saturated rings. The molecule has 7 heteroatoms. The van der Waals surface area contributed by atoms with E-state index in [2.05, 4.69) is 15.1 Å². The van der Waals surface area contributed by atoms with Gasteiger partial charge in [-0.05, 0) is 12.1 Å². The van der Waals surface area contributed by atoms with Crippen LogP contribution in [-0.4, -0.2) is 35.0 Å². The number of nitrogens with zero attached hydrogens (tertiary/aromatic N) is 3. The third-order valence-corrected chi connectivity index (χ3v) is 3.47. The standard InChI is InChI=1S/C15H13ClN4O2/c1-17-8-11-14-18-12(9-3-5-10(16)6-4-9)7-13(21)20(14)19-15(11)22-2/h3-8,19H,1-2H3. The van der Waals surface area contributed by atoms with Crippen molar-refractivity contribution in [3.05, 3.63) is 51.3 Å². The van der Waals surface area contributed by atoms with Crippen LogP contribution in [0, 0.1) is 0 Å². The van der Waals surface area contributed by atoms with Crippen LogP contribution in [0.25, 0.3) is 16.9 Å². The average molecular weight is 317 g/mol. The summed E-state index contributed by atoms with van der Waals surface area (Å²) in [5.74, 6) is 0.434. The van der Waals surface area contributed by atoms with Crippen LogP contribution < -0.4 is 10.3 Å². The van der Waals surface area contributed by atoms with Gasteiger partial charge in [-0.15, -0.1) is 0 Å². The molecule has 3 rings (SSSR count). The number of ether oxygens (including phenoxy) is 1. The molecule has 0 aliphatic carbocycles. The van der Waals surface area contributed by atoms with E-state index < -0.39 is 0 Å². The Balaban J connectivity index is 2.28. The van der Waals surface area contributed by atoms with Crippen LogP contribution in [0.5, 0.6) is 5.88 Å². The lowest BCUT2D eigenvalue weighted by Crippen LogP contribution is -2.14. The van der Waals surface area contributed by atoms with Crippen LogP contribution in [0.4, 0.5) is 0 Å². The Hall–Kier alpha value is -2.60. The van der Waals surface area contributed by atoms with E-state index in [9.17, 15) is 4.79 Å². The van der Waals surface area contributed by atoms with Crippen LogP contribution in [0.2, 0.25) is 5.02 Å². The lowest BCUT2D eigenvalue weighted by atomic mass is 10.1. The Bertz CT molecular complexity index is 910. The lowest BCUT2D eigenvalue weighted by molar-refractivity contribution is 0.394. The van der Waals surface area contributed by atoms with Crippen molar-refractivity contribution >= 4 is 23.5 Å². The third-order valence-electron chi connectivity index (χ3n) is 3.22. The summed E-state index contributed by atoms with van der Waals surface area (Å²) >= 11 is 5.89. The van der Waals surface area contributed by atoms with Gasteiger partial charge in [0, 0.05) is 29.9 Å². The number of H-pyrrole nitrogens is 1. The van der Waals surface area contributed by atoms with E-state index >= 15 is 0 Å². The summed E-state index contributed by atoms with van der Waals surface area (Å²) in [6, 6.07) is 8.61. The number of fused-ring (bicyclic) bond motifs is 1. The van der Waals surface area contributed by atoms with E-state index in [1.165, 1.54) is 17.7 Å². The molecule has 1 aromatic carbocycles. The first kappa shape index (κ1) is 14.3. The second-order valence-electron chi connectivity index (χ2n) is 4.59. The fourth-order valence-corrected chi connectivity index (χ4v) is 2.33. The summed E-state index contributed by atoms with van der Waals surface area (Å²) < 4.78 is 6.56. The molecule has 22 heavy (non-hydrogen) atoms. The molecule has 112 valence electrons. The molecule has 2 aromatic heterocycles. The minimum absolute atomic E-state index is 0.232. The first-order valence-corrected chi connectivity index (χ1v) is 6.89. The highest BCUT2D eigenvalue weighted by molar-refractivity contribution is 6.30. The molecular formula is C15H13ClN4O2. The van der Waals surface area contributed by atoms with Gasteiger partial charge in [-0.1, -0.05) is 23.7 Å². The van der Waals surface area contributed by atoms with Crippen molar-refractivity contribution in [2.75, 3.05) is 14.2 Å². The molecule has 0 bridgehead atoms. The van der Waals surface area contributed by atoms with Gasteiger partial charge >= 0.3 is 0 Å². The topological polar surface area (TPSA) is 71.8 Å². The van der Waals surface area contributed by atoms with Gasteiger partial charge < -0.3 is 4.74 Å². The largest absolute Gasteiger partial charge is 0.481 e. The van der Waals surface area contributed by atoms with Gasteiger partial charge in [0.15, 0.2) is 5.65 Å². The predicted octanol–water partition coefficient (Wildman–Crippen LogP) is 2.40. The van der Waals surface area contributed by atoms with Crippen molar-refractivity contribution in [3.63, 3.8) is 0 Å². The number of aromatic nitrogens is 3. The Kier molecular flexibility index (Phi) is 3.68. The minimum atomic E-state index is -0.232. The van der Waals surface area contributed by atoms with Crippen LogP contribution in [0.15, 0.2) is 40.1 Å². The molecule has 0 saturated heterocycles. The van der Waals surface area contributed by atoms with Crippen molar-refractivity contribution in [2.24, 2.45) is 4.99 Å². The quantitative estimate of drug-likeness (QED) is 0.754. The van der Waals surface area contributed by atoms with Gasteiger partial charge in [-0.3, -0.25) is 14.9 Å². The molecule has 6 nitrogen and oxygen atoms in total. The number of aliphatic imine (C=N–C) groups is 1. The summed E-state index contributed by atoms with van der Waals surface area (Å²) in [5, 5.41) is 3.49. The zero-order valence-electron chi connectivity index (χ0n) is 12.0. The molecule has 2 heterocycles. The Morgan fingerprint density at radius 1 is 1.36 bits per heavy atom. The second-order valence-corrected chi connectivity index (χ2v) is 5.03. The first-order valence-electron chi connectivity index (χ1n) is 6.52. The SMILES string of the molecule is CN=Cc1c(OC)[nH]n2c(=O)cc(-c3ccc(Cl)cc3)nc12. The maximum atomic E-state index is 12.3. The van der Waals surface area contributed by atoms with Crippen molar-refractivity contribution < 1.29 is 4.74 Å². The van der Waals surface area contributed by atoms with Crippen molar-refractivity contribution in [1.82, 2.24) is 14.6 Å². The predicted molar refractivity (Wildman–Crippen MR) is 86.3 cm³/mol. The molecule has 0 unspecified atom stereocenters. The lowest BCUT2D eigenvalue weighted by Gasteiger charge is -2.01. The summed E-state index contributed by atoms with van der Waals surface area (Å²) in [5.41, 5.74) is 2.22. The summed E-state index contributed by atoms with van der Waals surface area (Å²) in [4.78, 5) is 20.8. The summed E-state index contributed by atoms with van der Waals surface area (Å²) in [6.07, 6.45) is 1.60. The molecule has 1 N–H and O–H groups in total. The Labute approximate surface area is 131 Å². The number of methoxy groups -OCH3 is 1. The van der Waals surface area contributed by atoms with E-state index in [1.54, 1.807) is 25.4 Å². The van der Waals surface area contributed by atoms with Gasteiger partial charge in [0.25, 0.3) is 5.56 Å². The molecule has 0 spiro atoms. The average Bonchev–Trinajstić information content (AvgIpc) is 2.87. The van der Waals surface area contributed by atoms with Gasteiger partial charge in [-0.25, -0.2) is 4.98 Å². The molecule has 0 radical (unpaired) electrons. The van der Waals surface area contributed by atoms with Crippen LogP contribution >= 0.6 is 11.6 Å². The number of rotatable bonds is 3. The second kappa shape index (κ2) is 5.65. The summed E-state index contributed by atoms with van der Waals surface area (Å²) in [6.45, 7) is 0. The van der Waals surface area contributed by atoms with Crippen molar-refractivity contribution in [2.45, 2.75) is 0 Å². The Morgan fingerprint density at radius 2 is 2.09 bits per heavy atom. The highest BCUT2D eigenvalue weighted by Crippen LogP contribution is 2.22. The van der Waals surface area contributed by atoms with Gasteiger partial charge in [0.1, 0.15) is 0 Å². The van der Waals surface area contributed by atoms with E-state index in [4.69, 9.17) is 16.3 Å². The molecule has 0 atom stereocenters. The van der Waals surface area contributed by atoms with Gasteiger partial charge in [-0.2, -0.15) is 4.52 Å². The molecule has 0 amide bonds. The van der Waals surface area contributed by atoms with E-state index in [1.807, 2.05) is 12.1 Å². The summed E-state index contributed by atoms with van der Waals surface area (Å²) in [7, 11) is 3.16. The fraction of sp³-hybridized carbons (Fsp3) is 0.133. The molecule has 3 aromatic rings. The highest BCUT2D eigenvalue weighted by Gasteiger charge is 2.15. The minimum Gasteiger partial charge on any atom is -0.481 e. The Morgan fingerprint density at radius 3 is 2.73 bits per heavy atom. The fourth-order valence-electron chi connectivity index (χ4n) is 2.20. The van der Waals surface area contributed by atoms with Crippen LogP contribution in [0.3, 0.4) is 0 Å². The molecule has 0 aliphatic heterocycles. The monoisotopic (exact) mass is 316 g/mol. The number of nitrogens with one attached hydrogen (secondary N) is 1. The smallest absolute Gasteiger partial charge is 0.273 e. The number of hydrogen-bond acceptors (Lipinski definition) is 4. The van der Waals surface area contributed by atoms with E-state index in [0.717, 1.165) is 5.56 Å². The molecule has 0 aliphatic rings. The zero-order chi connectivity index (χ0) is 15.7. The number of aromatic amines is 1. The first-order chi connectivity index (χ1) is 10.6. The number of benzene rings is 1. The zero-order valence-corrected chi connectivity index (χ0v) is 12.8. The number of halogens is 1. The van der Waals surface area contributed by atoms with Crippen LogP contribution in [0.1, 0.15) is 5.56 Å². The maximum absolute atomic E-state index is 12.3. The van der Waals surface area contributed by atoms with E-state index in [0.29, 0.717) is 27.8 Å². The van der Waals surface area contributed by atoms with Gasteiger partial charge in [0.05, 0.1) is 18.4 Å². The van der Waals surface area contributed by atoms with Crippen LogP contribution in [-0.2, 0) is 0 Å². The molecule has 0 saturated carbocycles. The van der Waals surface area contributed by atoms with Crippen molar-refractivity contribution in [1.29, 1.82) is 0 Å². The van der Waals surface area contributed by atoms with E-state index in [-0.39, 0.29) is 5.56 Å². The highest BCUT2D eigenvalue weighted by atomic mass is 35.5.